The smallest absolute Gasteiger partial charge is 0.329 e. The summed E-state index contributed by atoms with van der Waals surface area (Å²) in [6, 6.07) is 19.6. The summed E-state index contributed by atoms with van der Waals surface area (Å²) in [7, 11) is 0. The third kappa shape index (κ3) is 6.33. The summed E-state index contributed by atoms with van der Waals surface area (Å²) in [4.78, 5) is 38.9. The molecule has 4 amide bonds. The standard InChI is InChI=1S/C29H28ClN3O5/c1-3-21-12-8-9-13-23(21)31-26(34)17-33-28(35)24(32-29(33)36)15-20-14-22(30)27(25(16-20)37-4-2)38-18-19-10-6-5-7-11-19/h5-16H,3-4,17-18H2,1-2H3,(H,31,34)(H,32,36)/b24-15+. The molecule has 1 heterocycles. The zero-order chi connectivity index (χ0) is 27.1. The van der Waals surface area contributed by atoms with Crippen LogP contribution in [0.1, 0.15) is 30.5 Å². The molecule has 3 aromatic rings. The Hall–Kier alpha value is -4.30. The highest BCUT2D eigenvalue weighted by atomic mass is 35.5. The minimum atomic E-state index is -0.681. The Morgan fingerprint density at radius 3 is 2.50 bits per heavy atom. The molecule has 2 N–H and O–H groups in total. The zero-order valence-corrected chi connectivity index (χ0v) is 21.9. The van der Waals surface area contributed by atoms with E-state index in [4.69, 9.17) is 21.1 Å². The van der Waals surface area contributed by atoms with Crippen LogP contribution in [0.3, 0.4) is 0 Å². The monoisotopic (exact) mass is 533 g/mol. The number of para-hydroxylation sites is 1. The van der Waals surface area contributed by atoms with Gasteiger partial charge in [-0.05, 0) is 54.3 Å². The van der Waals surface area contributed by atoms with Crippen molar-refractivity contribution in [3.05, 3.63) is 94.1 Å². The Bertz CT molecular complexity index is 1370. The van der Waals surface area contributed by atoms with Gasteiger partial charge in [0.2, 0.25) is 5.91 Å². The van der Waals surface area contributed by atoms with Crippen molar-refractivity contribution in [2.75, 3.05) is 18.5 Å². The average Bonchev–Trinajstić information content (AvgIpc) is 3.16. The lowest BCUT2D eigenvalue weighted by molar-refractivity contribution is -0.127. The molecule has 0 aromatic heterocycles. The summed E-state index contributed by atoms with van der Waals surface area (Å²) in [5.41, 5.74) is 3.12. The summed E-state index contributed by atoms with van der Waals surface area (Å²) < 4.78 is 11.7. The van der Waals surface area contributed by atoms with Crippen molar-refractivity contribution in [1.82, 2.24) is 10.2 Å². The fourth-order valence-electron chi connectivity index (χ4n) is 3.97. The van der Waals surface area contributed by atoms with Gasteiger partial charge in [-0.1, -0.05) is 67.1 Å². The van der Waals surface area contributed by atoms with Gasteiger partial charge >= 0.3 is 6.03 Å². The molecule has 0 unspecified atom stereocenters. The molecule has 0 radical (unpaired) electrons. The molecule has 0 atom stereocenters. The van der Waals surface area contributed by atoms with Crippen LogP contribution in [-0.4, -0.2) is 35.9 Å². The molecule has 3 aromatic carbocycles. The van der Waals surface area contributed by atoms with E-state index in [2.05, 4.69) is 10.6 Å². The maximum absolute atomic E-state index is 13.0. The van der Waals surface area contributed by atoms with E-state index in [0.29, 0.717) is 41.0 Å². The second-order valence-corrected chi connectivity index (χ2v) is 8.88. The number of imide groups is 1. The molecular formula is C29H28ClN3O5. The number of ether oxygens (including phenoxy) is 2. The molecule has 9 heteroatoms. The minimum Gasteiger partial charge on any atom is -0.490 e. The van der Waals surface area contributed by atoms with Crippen LogP contribution < -0.4 is 20.1 Å². The lowest BCUT2D eigenvalue weighted by Gasteiger charge is -2.15. The maximum Gasteiger partial charge on any atom is 0.329 e. The van der Waals surface area contributed by atoms with E-state index < -0.39 is 24.4 Å². The lowest BCUT2D eigenvalue weighted by Crippen LogP contribution is -2.38. The number of benzene rings is 3. The van der Waals surface area contributed by atoms with E-state index in [1.165, 1.54) is 6.08 Å². The highest BCUT2D eigenvalue weighted by Crippen LogP contribution is 2.38. The van der Waals surface area contributed by atoms with Gasteiger partial charge in [-0.25, -0.2) is 9.69 Å². The minimum absolute atomic E-state index is 0.0215. The Morgan fingerprint density at radius 2 is 1.76 bits per heavy atom. The number of hydrogen-bond acceptors (Lipinski definition) is 5. The van der Waals surface area contributed by atoms with E-state index >= 15 is 0 Å². The molecule has 1 aliphatic heterocycles. The normalized spacial score (nSPS) is 14.0. The summed E-state index contributed by atoms with van der Waals surface area (Å²) in [6.45, 7) is 4.07. The van der Waals surface area contributed by atoms with Gasteiger partial charge in [0.25, 0.3) is 5.91 Å². The molecular weight excluding hydrogens is 506 g/mol. The number of aryl methyl sites for hydroxylation is 1. The first-order chi connectivity index (χ1) is 18.4. The molecule has 0 spiro atoms. The average molecular weight is 534 g/mol. The summed E-state index contributed by atoms with van der Waals surface area (Å²) in [6.07, 6.45) is 2.22. The highest BCUT2D eigenvalue weighted by molar-refractivity contribution is 6.32. The number of carbonyl (C=O) groups excluding carboxylic acids is 3. The number of amides is 4. The number of nitrogens with one attached hydrogen (secondary N) is 2. The number of carbonyl (C=O) groups is 3. The molecule has 1 aliphatic rings. The van der Waals surface area contributed by atoms with E-state index in [0.717, 1.165) is 22.4 Å². The van der Waals surface area contributed by atoms with Gasteiger partial charge in [-0.2, -0.15) is 0 Å². The molecule has 1 fully saturated rings. The number of hydrogen-bond donors (Lipinski definition) is 2. The van der Waals surface area contributed by atoms with Crippen molar-refractivity contribution in [3.63, 3.8) is 0 Å². The highest BCUT2D eigenvalue weighted by Gasteiger charge is 2.35. The first-order valence-electron chi connectivity index (χ1n) is 12.2. The topological polar surface area (TPSA) is 97.0 Å². The molecule has 0 saturated carbocycles. The van der Waals surface area contributed by atoms with Crippen LogP contribution in [0.2, 0.25) is 5.02 Å². The third-order valence-corrected chi connectivity index (χ3v) is 6.09. The van der Waals surface area contributed by atoms with Gasteiger partial charge < -0.3 is 20.1 Å². The number of urea groups is 1. The van der Waals surface area contributed by atoms with Crippen LogP contribution in [0.25, 0.3) is 6.08 Å². The molecule has 0 bridgehead atoms. The fraction of sp³-hybridized carbons (Fsp3) is 0.207. The van der Waals surface area contributed by atoms with E-state index in [9.17, 15) is 14.4 Å². The predicted molar refractivity (Wildman–Crippen MR) is 146 cm³/mol. The number of rotatable bonds is 10. The van der Waals surface area contributed by atoms with Crippen molar-refractivity contribution < 1.29 is 23.9 Å². The molecule has 8 nitrogen and oxygen atoms in total. The van der Waals surface area contributed by atoms with Crippen LogP contribution in [0, 0.1) is 0 Å². The van der Waals surface area contributed by atoms with Crippen molar-refractivity contribution in [2.45, 2.75) is 26.9 Å². The number of anilines is 1. The molecule has 38 heavy (non-hydrogen) atoms. The van der Waals surface area contributed by atoms with Crippen molar-refractivity contribution in [1.29, 1.82) is 0 Å². The largest absolute Gasteiger partial charge is 0.490 e. The predicted octanol–water partition coefficient (Wildman–Crippen LogP) is 5.41. The van der Waals surface area contributed by atoms with E-state index in [1.54, 1.807) is 18.2 Å². The van der Waals surface area contributed by atoms with Gasteiger partial charge in [0.15, 0.2) is 11.5 Å². The van der Waals surface area contributed by atoms with E-state index in [-0.39, 0.29) is 5.70 Å². The molecule has 4 rings (SSSR count). The number of nitrogens with zero attached hydrogens (tertiary/aromatic N) is 1. The van der Waals surface area contributed by atoms with Gasteiger partial charge in [0.05, 0.1) is 11.6 Å². The van der Waals surface area contributed by atoms with Crippen LogP contribution in [0.5, 0.6) is 11.5 Å². The Morgan fingerprint density at radius 1 is 1.03 bits per heavy atom. The van der Waals surface area contributed by atoms with Gasteiger partial charge in [0.1, 0.15) is 18.8 Å². The van der Waals surface area contributed by atoms with Crippen LogP contribution in [-0.2, 0) is 22.6 Å². The van der Waals surface area contributed by atoms with Gasteiger partial charge in [-0.3, -0.25) is 9.59 Å². The van der Waals surface area contributed by atoms with E-state index in [1.807, 2.05) is 62.4 Å². The molecule has 196 valence electrons. The summed E-state index contributed by atoms with van der Waals surface area (Å²) in [5, 5.41) is 5.60. The second-order valence-electron chi connectivity index (χ2n) is 8.48. The third-order valence-electron chi connectivity index (χ3n) is 5.81. The quantitative estimate of drug-likeness (QED) is 0.268. The van der Waals surface area contributed by atoms with Crippen LogP contribution >= 0.6 is 11.6 Å². The maximum atomic E-state index is 13.0. The van der Waals surface area contributed by atoms with Gasteiger partial charge in [-0.15, -0.1) is 0 Å². The SMILES string of the molecule is CCOc1cc(/C=C2/NC(=O)N(CC(=O)Nc3ccccc3CC)C2=O)cc(Cl)c1OCc1ccccc1. The van der Waals surface area contributed by atoms with Crippen molar-refractivity contribution in [2.24, 2.45) is 0 Å². The molecule has 0 aliphatic carbocycles. The second kappa shape index (κ2) is 12.3. The fourth-order valence-corrected chi connectivity index (χ4v) is 4.24. The first-order valence-corrected chi connectivity index (χ1v) is 12.6. The lowest BCUT2D eigenvalue weighted by atomic mass is 10.1. The first kappa shape index (κ1) is 26.8. The van der Waals surface area contributed by atoms with Crippen LogP contribution in [0.15, 0.2) is 72.4 Å². The summed E-state index contributed by atoms with van der Waals surface area (Å²) in [5.74, 6) is -0.304. The Labute approximate surface area is 226 Å². The summed E-state index contributed by atoms with van der Waals surface area (Å²) >= 11 is 6.52. The van der Waals surface area contributed by atoms with Gasteiger partial charge in [0, 0.05) is 5.69 Å². The van der Waals surface area contributed by atoms with Crippen molar-refractivity contribution >= 4 is 41.2 Å². The Balaban J connectivity index is 1.49. The van der Waals surface area contributed by atoms with Crippen molar-refractivity contribution in [3.8, 4) is 11.5 Å². The molecule has 1 saturated heterocycles. The zero-order valence-electron chi connectivity index (χ0n) is 21.1. The number of halogens is 1. The van der Waals surface area contributed by atoms with Crippen LogP contribution in [0.4, 0.5) is 10.5 Å². The Kier molecular flexibility index (Phi) is 8.66.